The van der Waals surface area contributed by atoms with E-state index in [0.29, 0.717) is 0 Å². The van der Waals surface area contributed by atoms with Gasteiger partial charge in [-0.25, -0.2) is 9.97 Å². The highest BCUT2D eigenvalue weighted by molar-refractivity contribution is 7.25. The summed E-state index contributed by atoms with van der Waals surface area (Å²) in [5.41, 5.74) is 5.53. The van der Waals surface area contributed by atoms with Crippen LogP contribution in [0.15, 0.2) is 65.5 Å². The van der Waals surface area contributed by atoms with Gasteiger partial charge in [0.05, 0.1) is 12.0 Å². The average molecular weight is 423 g/mol. The molecular weight excluding hydrogens is 400 g/mol. The van der Waals surface area contributed by atoms with Crippen molar-refractivity contribution >= 4 is 53.4 Å². The molecule has 0 radical (unpaired) electrons. The molecular formula is C27H22N2OS. The van der Waals surface area contributed by atoms with Crippen molar-refractivity contribution in [2.45, 2.75) is 33.1 Å². The Labute approximate surface area is 184 Å². The normalized spacial score (nSPS) is 12.5. The lowest BCUT2D eigenvalue weighted by molar-refractivity contribution is 0.596. The van der Waals surface area contributed by atoms with Crippen molar-refractivity contribution in [3.8, 4) is 11.3 Å². The van der Waals surface area contributed by atoms with E-state index in [2.05, 4.69) is 81.2 Å². The monoisotopic (exact) mass is 422 g/mol. The van der Waals surface area contributed by atoms with Crippen molar-refractivity contribution in [2.75, 3.05) is 0 Å². The molecule has 4 heteroatoms. The summed E-state index contributed by atoms with van der Waals surface area (Å²) >= 11 is 1.72. The quantitative estimate of drug-likeness (QED) is 0.269. The highest BCUT2D eigenvalue weighted by atomic mass is 32.1. The van der Waals surface area contributed by atoms with Crippen LogP contribution in [0.1, 0.15) is 31.9 Å². The third-order valence-electron chi connectivity index (χ3n) is 6.10. The summed E-state index contributed by atoms with van der Waals surface area (Å²) in [5, 5.41) is 5.96. The van der Waals surface area contributed by atoms with Crippen molar-refractivity contribution in [3.63, 3.8) is 0 Å². The van der Waals surface area contributed by atoms with Gasteiger partial charge in [-0.15, -0.1) is 11.3 Å². The lowest BCUT2D eigenvalue weighted by Crippen LogP contribution is -2.12. The van der Waals surface area contributed by atoms with Crippen LogP contribution < -0.4 is 0 Å². The Hall–Kier alpha value is -3.24. The van der Waals surface area contributed by atoms with Crippen LogP contribution >= 0.6 is 11.3 Å². The fourth-order valence-corrected chi connectivity index (χ4v) is 5.61. The van der Waals surface area contributed by atoms with Crippen molar-refractivity contribution in [3.05, 3.63) is 72.2 Å². The van der Waals surface area contributed by atoms with Crippen LogP contribution in [0.5, 0.6) is 0 Å². The average Bonchev–Trinajstić information content (AvgIpc) is 3.30. The van der Waals surface area contributed by atoms with E-state index in [4.69, 9.17) is 9.40 Å². The second-order valence-electron chi connectivity index (χ2n) is 9.26. The van der Waals surface area contributed by atoms with Crippen LogP contribution in [-0.4, -0.2) is 9.97 Å². The smallest absolute Gasteiger partial charge is 0.134 e. The second-order valence-corrected chi connectivity index (χ2v) is 10.3. The van der Waals surface area contributed by atoms with Crippen LogP contribution in [0.2, 0.25) is 0 Å². The molecule has 0 fully saturated rings. The molecule has 3 nitrogen and oxygen atoms in total. The number of benzene rings is 3. The van der Waals surface area contributed by atoms with Crippen LogP contribution in [0.4, 0.5) is 0 Å². The summed E-state index contributed by atoms with van der Waals surface area (Å²) in [6.07, 6.45) is 3.51. The first kappa shape index (κ1) is 18.5. The summed E-state index contributed by atoms with van der Waals surface area (Å²) < 4.78 is 7.02. The fraction of sp³-hybridized carbons (Fsp3) is 0.185. The molecule has 0 spiro atoms. The Morgan fingerprint density at radius 1 is 0.903 bits per heavy atom. The molecule has 3 heterocycles. The maximum Gasteiger partial charge on any atom is 0.134 e. The predicted molar refractivity (Wildman–Crippen MR) is 131 cm³/mol. The summed E-state index contributed by atoms with van der Waals surface area (Å²) in [6, 6.07) is 17.6. The molecule has 0 atom stereocenters. The highest BCUT2D eigenvalue weighted by Gasteiger charge is 2.21. The zero-order chi connectivity index (χ0) is 21.3. The number of thiophene rings is 1. The number of rotatable bonds is 1. The summed E-state index contributed by atoms with van der Waals surface area (Å²) in [4.78, 5) is 10.4. The van der Waals surface area contributed by atoms with Gasteiger partial charge in [0.25, 0.3) is 0 Å². The van der Waals surface area contributed by atoms with Gasteiger partial charge in [0.15, 0.2) is 0 Å². The van der Waals surface area contributed by atoms with Crippen LogP contribution in [-0.2, 0) is 5.41 Å². The molecule has 6 aromatic rings. The van der Waals surface area contributed by atoms with Gasteiger partial charge in [0.1, 0.15) is 16.7 Å². The summed E-state index contributed by atoms with van der Waals surface area (Å²) in [7, 11) is 0. The molecule has 0 aliphatic heterocycles. The predicted octanol–water partition coefficient (Wildman–Crippen LogP) is 8.02. The minimum absolute atomic E-state index is 0.0241. The molecule has 0 amide bonds. The van der Waals surface area contributed by atoms with Crippen LogP contribution in [0.25, 0.3) is 53.3 Å². The Balaban J connectivity index is 1.72. The van der Waals surface area contributed by atoms with E-state index in [1.165, 1.54) is 21.0 Å². The van der Waals surface area contributed by atoms with Gasteiger partial charge in [0.2, 0.25) is 0 Å². The maximum absolute atomic E-state index is 5.81. The Morgan fingerprint density at radius 2 is 1.74 bits per heavy atom. The molecule has 0 saturated heterocycles. The molecule has 3 aromatic heterocycles. The molecule has 0 saturated carbocycles. The van der Waals surface area contributed by atoms with Gasteiger partial charge < -0.3 is 4.42 Å². The molecule has 0 aliphatic carbocycles. The number of fused-ring (bicyclic) bond motifs is 5. The summed E-state index contributed by atoms with van der Waals surface area (Å²) in [5.74, 6) is 0. The largest absolute Gasteiger partial charge is 0.464 e. The van der Waals surface area contributed by atoms with E-state index in [9.17, 15) is 0 Å². The van der Waals surface area contributed by atoms with Crippen molar-refractivity contribution in [1.82, 2.24) is 9.97 Å². The molecule has 6 rings (SSSR count). The number of hydrogen-bond donors (Lipinski definition) is 0. The van der Waals surface area contributed by atoms with E-state index >= 15 is 0 Å². The lowest BCUT2D eigenvalue weighted by Gasteiger charge is -2.22. The zero-order valence-electron chi connectivity index (χ0n) is 18.0. The van der Waals surface area contributed by atoms with Gasteiger partial charge in [-0.1, -0.05) is 45.0 Å². The zero-order valence-corrected chi connectivity index (χ0v) is 18.8. The fourth-order valence-electron chi connectivity index (χ4n) is 4.54. The first-order chi connectivity index (χ1) is 14.9. The third-order valence-corrected chi connectivity index (χ3v) is 7.16. The van der Waals surface area contributed by atoms with E-state index in [1.807, 2.05) is 6.26 Å². The maximum atomic E-state index is 5.81. The van der Waals surface area contributed by atoms with Gasteiger partial charge in [-0.05, 0) is 58.5 Å². The molecule has 152 valence electrons. The molecule has 3 aromatic carbocycles. The van der Waals surface area contributed by atoms with Crippen LogP contribution in [0, 0.1) is 6.92 Å². The summed E-state index contributed by atoms with van der Waals surface area (Å²) in [6.45, 7) is 8.89. The minimum atomic E-state index is 0.0241. The SMILES string of the molecule is Cc1coc2cc3c(cc12)sc1ncnc(-c2cc(C(C)(C)C)c4ccccc4c2)c13. The number of aryl methyl sites for hydroxylation is 1. The second kappa shape index (κ2) is 6.38. The molecule has 0 aliphatic rings. The number of nitrogens with zero attached hydrogens (tertiary/aromatic N) is 2. The van der Waals surface area contributed by atoms with Gasteiger partial charge in [-0.3, -0.25) is 0 Å². The van der Waals surface area contributed by atoms with Crippen LogP contribution in [0.3, 0.4) is 0 Å². The van der Waals surface area contributed by atoms with E-state index in [0.717, 1.165) is 43.4 Å². The number of aromatic nitrogens is 2. The molecule has 0 bridgehead atoms. The van der Waals surface area contributed by atoms with E-state index in [1.54, 1.807) is 17.7 Å². The Kier molecular flexibility index (Phi) is 3.81. The first-order valence-corrected chi connectivity index (χ1v) is 11.3. The van der Waals surface area contributed by atoms with Crippen molar-refractivity contribution in [1.29, 1.82) is 0 Å². The standard InChI is InChI=1S/C27H22N2OS/c1-15-13-30-22-11-20-23(12-19(15)22)31-26-24(20)25(28-14-29-26)17-9-16-7-5-6-8-18(16)21(10-17)27(2,3)4/h5-14H,1-4H3. The lowest BCUT2D eigenvalue weighted by atomic mass is 9.82. The van der Waals surface area contributed by atoms with Crippen molar-refractivity contribution < 1.29 is 4.42 Å². The molecule has 31 heavy (non-hydrogen) atoms. The minimum Gasteiger partial charge on any atom is -0.464 e. The molecule has 0 N–H and O–H groups in total. The Bertz CT molecular complexity index is 1630. The van der Waals surface area contributed by atoms with Gasteiger partial charge >= 0.3 is 0 Å². The topological polar surface area (TPSA) is 38.9 Å². The van der Waals surface area contributed by atoms with E-state index in [-0.39, 0.29) is 5.41 Å². The van der Waals surface area contributed by atoms with Gasteiger partial charge in [0, 0.05) is 26.4 Å². The Morgan fingerprint density at radius 3 is 2.58 bits per heavy atom. The number of hydrogen-bond acceptors (Lipinski definition) is 4. The highest BCUT2D eigenvalue weighted by Crippen LogP contribution is 2.42. The molecule has 0 unspecified atom stereocenters. The van der Waals surface area contributed by atoms with Gasteiger partial charge in [-0.2, -0.15) is 0 Å². The third kappa shape index (κ3) is 2.78. The van der Waals surface area contributed by atoms with E-state index < -0.39 is 0 Å². The first-order valence-electron chi connectivity index (χ1n) is 10.5. The number of furan rings is 1. The van der Waals surface area contributed by atoms with Crippen molar-refractivity contribution in [2.24, 2.45) is 0 Å².